The van der Waals surface area contributed by atoms with Crippen molar-refractivity contribution < 1.29 is 19.4 Å². The number of aromatic nitrogens is 1. The second kappa shape index (κ2) is 8.31. The van der Waals surface area contributed by atoms with Crippen LogP contribution in [0.4, 0.5) is 10.6 Å². The highest BCUT2D eigenvalue weighted by Crippen LogP contribution is 2.10. The lowest BCUT2D eigenvalue weighted by atomic mass is 10.3. The number of aliphatic hydroxyl groups is 1. The van der Waals surface area contributed by atoms with Crippen molar-refractivity contribution >= 4 is 11.9 Å². The van der Waals surface area contributed by atoms with E-state index in [9.17, 15) is 10.0 Å². The SMILES string of the molecule is CCCCOC(=O)N(CCCO)c1cccc[n+]1[O-]. The number of amides is 1. The molecule has 0 unspecified atom stereocenters. The number of rotatable bonds is 7. The summed E-state index contributed by atoms with van der Waals surface area (Å²) in [4.78, 5) is 13.2. The first kappa shape index (κ1) is 15.2. The Kier molecular flexibility index (Phi) is 6.67. The van der Waals surface area contributed by atoms with Gasteiger partial charge in [-0.3, -0.25) is 0 Å². The van der Waals surface area contributed by atoms with Gasteiger partial charge in [-0.1, -0.05) is 19.4 Å². The molecule has 0 spiro atoms. The van der Waals surface area contributed by atoms with Gasteiger partial charge >= 0.3 is 6.09 Å². The standard InChI is InChI=1S/C13H20N2O4/c1-2-3-11-19-13(17)14(8-6-10-16)12-7-4-5-9-15(12)18/h4-5,7,9,16H,2-3,6,8,10-11H2,1H3. The van der Waals surface area contributed by atoms with E-state index in [1.165, 1.54) is 11.1 Å². The molecular formula is C13H20N2O4. The number of carbonyl (C=O) groups is 1. The summed E-state index contributed by atoms with van der Waals surface area (Å²) < 4.78 is 5.71. The highest BCUT2D eigenvalue weighted by Gasteiger charge is 2.26. The summed E-state index contributed by atoms with van der Waals surface area (Å²) in [5.74, 6) is 0.206. The van der Waals surface area contributed by atoms with Crippen molar-refractivity contribution in [3.8, 4) is 0 Å². The molecule has 0 saturated carbocycles. The summed E-state index contributed by atoms with van der Waals surface area (Å²) >= 11 is 0. The van der Waals surface area contributed by atoms with Crippen molar-refractivity contribution in [2.45, 2.75) is 26.2 Å². The van der Waals surface area contributed by atoms with Crippen LogP contribution in [0.25, 0.3) is 0 Å². The van der Waals surface area contributed by atoms with Gasteiger partial charge in [0.15, 0.2) is 0 Å². The first-order valence-electron chi connectivity index (χ1n) is 6.44. The molecule has 1 aromatic heterocycles. The van der Waals surface area contributed by atoms with Crippen LogP contribution in [0.15, 0.2) is 24.4 Å². The van der Waals surface area contributed by atoms with E-state index in [4.69, 9.17) is 9.84 Å². The number of carbonyl (C=O) groups excluding carboxylic acids is 1. The molecule has 0 aromatic carbocycles. The molecule has 0 aliphatic carbocycles. The highest BCUT2D eigenvalue weighted by molar-refractivity contribution is 5.85. The van der Waals surface area contributed by atoms with Gasteiger partial charge in [0, 0.05) is 19.1 Å². The number of nitrogens with zero attached hydrogens (tertiary/aromatic N) is 2. The molecule has 1 N–H and O–H groups in total. The van der Waals surface area contributed by atoms with E-state index in [2.05, 4.69) is 0 Å². The number of unbranched alkanes of at least 4 members (excludes halogenated alkanes) is 1. The van der Waals surface area contributed by atoms with Gasteiger partial charge in [0.25, 0.3) is 5.82 Å². The van der Waals surface area contributed by atoms with Gasteiger partial charge < -0.3 is 15.1 Å². The number of ether oxygens (including phenoxy) is 1. The molecule has 0 bridgehead atoms. The molecule has 0 aliphatic rings. The van der Waals surface area contributed by atoms with E-state index >= 15 is 0 Å². The second-order valence-electron chi connectivity index (χ2n) is 4.08. The zero-order chi connectivity index (χ0) is 14.1. The van der Waals surface area contributed by atoms with Crippen molar-refractivity contribution in [1.29, 1.82) is 0 Å². The zero-order valence-electron chi connectivity index (χ0n) is 11.1. The van der Waals surface area contributed by atoms with Gasteiger partial charge in [0.05, 0.1) is 19.3 Å². The maximum absolute atomic E-state index is 11.9. The van der Waals surface area contributed by atoms with Crippen LogP contribution in [-0.4, -0.2) is 31.0 Å². The van der Waals surface area contributed by atoms with E-state index in [1.807, 2.05) is 6.92 Å². The minimum atomic E-state index is -0.558. The monoisotopic (exact) mass is 268 g/mol. The number of anilines is 1. The minimum absolute atomic E-state index is 0.0512. The van der Waals surface area contributed by atoms with Gasteiger partial charge in [-0.15, -0.1) is 0 Å². The smallest absolute Gasteiger partial charge is 0.507 e. The summed E-state index contributed by atoms with van der Waals surface area (Å²) in [6.45, 7) is 2.52. The van der Waals surface area contributed by atoms with Crippen LogP contribution < -0.4 is 9.63 Å². The fraction of sp³-hybridized carbons (Fsp3) is 0.538. The van der Waals surface area contributed by atoms with Gasteiger partial charge in [0.2, 0.25) is 0 Å². The maximum atomic E-state index is 11.9. The fourth-order valence-electron chi connectivity index (χ4n) is 1.54. The molecule has 1 heterocycles. The zero-order valence-corrected chi connectivity index (χ0v) is 11.1. The lowest BCUT2D eigenvalue weighted by molar-refractivity contribution is -0.591. The number of aliphatic hydroxyl groups excluding tert-OH is 1. The van der Waals surface area contributed by atoms with Crippen LogP contribution in [0.5, 0.6) is 0 Å². The summed E-state index contributed by atoms with van der Waals surface area (Å²) in [5, 5.41) is 20.5. The average molecular weight is 268 g/mol. The van der Waals surface area contributed by atoms with Gasteiger partial charge in [-0.05, 0) is 12.5 Å². The van der Waals surface area contributed by atoms with Crippen molar-refractivity contribution in [3.63, 3.8) is 0 Å². The van der Waals surface area contributed by atoms with Crippen molar-refractivity contribution in [1.82, 2.24) is 0 Å². The third-order valence-corrected chi connectivity index (χ3v) is 2.56. The van der Waals surface area contributed by atoms with Crippen LogP contribution >= 0.6 is 0 Å². The molecular weight excluding hydrogens is 248 g/mol. The average Bonchev–Trinajstić information content (AvgIpc) is 2.41. The minimum Gasteiger partial charge on any atom is -0.711 e. The molecule has 0 fully saturated rings. The molecule has 6 heteroatoms. The Balaban J connectivity index is 2.76. The third kappa shape index (κ3) is 4.75. The Bertz CT molecular complexity index is 398. The van der Waals surface area contributed by atoms with Crippen molar-refractivity contribution in [2.75, 3.05) is 24.7 Å². The molecule has 0 radical (unpaired) electrons. The molecule has 1 rings (SSSR count). The Morgan fingerprint density at radius 3 is 2.89 bits per heavy atom. The van der Waals surface area contributed by atoms with Crippen molar-refractivity contribution in [3.05, 3.63) is 29.6 Å². The largest absolute Gasteiger partial charge is 0.711 e. The maximum Gasteiger partial charge on any atom is 0.507 e. The van der Waals surface area contributed by atoms with E-state index in [-0.39, 0.29) is 19.0 Å². The summed E-state index contributed by atoms with van der Waals surface area (Å²) in [7, 11) is 0. The molecule has 0 saturated heterocycles. The van der Waals surface area contributed by atoms with Crippen LogP contribution in [0.3, 0.4) is 0 Å². The molecule has 1 aromatic rings. The van der Waals surface area contributed by atoms with Crippen LogP contribution in [0, 0.1) is 5.21 Å². The van der Waals surface area contributed by atoms with Gasteiger partial charge in [0.1, 0.15) is 0 Å². The van der Waals surface area contributed by atoms with E-state index < -0.39 is 6.09 Å². The molecule has 0 aliphatic heterocycles. The normalized spacial score (nSPS) is 10.2. The summed E-state index contributed by atoms with van der Waals surface area (Å²) in [6, 6.07) is 4.81. The Hall–Kier alpha value is -1.82. The molecule has 19 heavy (non-hydrogen) atoms. The van der Waals surface area contributed by atoms with Crippen LogP contribution in [0.2, 0.25) is 0 Å². The molecule has 0 atom stereocenters. The lowest BCUT2D eigenvalue weighted by Gasteiger charge is -2.17. The van der Waals surface area contributed by atoms with Crippen LogP contribution in [-0.2, 0) is 4.74 Å². The predicted octanol–water partition coefficient (Wildman–Crippen LogP) is 1.45. The topological polar surface area (TPSA) is 76.7 Å². The molecule has 106 valence electrons. The van der Waals surface area contributed by atoms with Crippen molar-refractivity contribution in [2.24, 2.45) is 0 Å². The molecule has 6 nitrogen and oxygen atoms in total. The van der Waals surface area contributed by atoms with Crippen LogP contribution in [0.1, 0.15) is 26.2 Å². The lowest BCUT2D eigenvalue weighted by Crippen LogP contribution is -2.42. The van der Waals surface area contributed by atoms with Gasteiger partial charge in [-0.25, -0.2) is 4.73 Å². The first-order chi connectivity index (χ1) is 9.20. The highest BCUT2D eigenvalue weighted by atomic mass is 16.6. The van der Waals surface area contributed by atoms with Gasteiger partial charge in [-0.2, -0.15) is 9.69 Å². The Morgan fingerprint density at radius 1 is 1.47 bits per heavy atom. The quantitative estimate of drug-likeness (QED) is 0.461. The molecule has 1 amide bonds. The fourth-order valence-corrected chi connectivity index (χ4v) is 1.54. The predicted molar refractivity (Wildman–Crippen MR) is 70.7 cm³/mol. The number of hydrogen-bond donors (Lipinski definition) is 1. The second-order valence-corrected chi connectivity index (χ2v) is 4.08. The number of pyridine rings is 1. The van der Waals surface area contributed by atoms with E-state index in [1.54, 1.807) is 18.2 Å². The third-order valence-electron chi connectivity index (χ3n) is 2.56. The Labute approximate surface area is 112 Å². The van der Waals surface area contributed by atoms with E-state index in [0.717, 1.165) is 12.8 Å². The first-order valence-corrected chi connectivity index (χ1v) is 6.44. The summed E-state index contributed by atoms with van der Waals surface area (Å²) in [6.07, 6.45) is 2.86. The number of hydrogen-bond acceptors (Lipinski definition) is 4. The van der Waals surface area contributed by atoms with E-state index in [0.29, 0.717) is 17.8 Å². The Morgan fingerprint density at radius 2 is 2.26 bits per heavy atom. The summed E-state index contributed by atoms with van der Waals surface area (Å²) in [5.41, 5.74) is 0.